The molecule has 1 aromatic rings. The quantitative estimate of drug-likeness (QED) is 0.766. The van der Waals surface area contributed by atoms with Gasteiger partial charge in [-0.3, -0.25) is 0 Å². The zero-order chi connectivity index (χ0) is 13.3. The molecule has 3 heteroatoms. The summed E-state index contributed by atoms with van der Waals surface area (Å²) in [6.07, 6.45) is 3.79. The molecule has 2 N–H and O–H groups in total. The fourth-order valence-electron chi connectivity index (χ4n) is 2.95. The monoisotopic (exact) mass is 239 g/mol. The van der Waals surface area contributed by atoms with Gasteiger partial charge in [0.25, 0.3) is 0 Å². The molecule has 0 spiro atoms. The third-order valence-corrected chi connectivity index (χ3v) is 3.89. The van der Waals surface area contributed by atoms with Gasteiger partial charge in [-0.05, 0) is 48.3 Å². The standard InChI is InChI=1S/C15H17N3/c1-3-10-11-5-4-9(2)6-12(11)14(8-17)15(18)13(10)7-16/h9H,3-6,18H2,1-2H3. The van der Waals surface area contributed by atoms with Crippen molar-refractivity contribution in [2.75, 3.05) is 5.73 Å². The van der Waals surface area contributed by atoms with Crippen molar-refractivity contribution in [3.05, 3.63) is 27.8 Å². The van der Waals surface area contributed by atoms with Gasteiger partial charge in [0, 0.05) is 0 Å². The first-order chi connectivity index (χ1) is 8.63. The van der Waals surface area contributed by atoms with Crippen molar-refractivity contribution in [2.24, 2.45) is 5.92 Å². The van der Waals surface area contributed by atoms with E-state index in [0.717, 1.165) is 36.8 Å². The summed E-state index contributed by atoms with van der Waals surface area (Å²) in [6, 6.07) is 4.37. The minimum absolute atomic E-state index is 0.379. The molecule has 18 heavy (non-hydrogen) atoms. The molecule has 0 radical (unpaired) electrons. The predicted molar refractivity (Wildman–Crippen MR) is 70.9 cm³/mol. The largest absolute Gasteiger partial charge is 0.397 e. The second kappa shape index (κ2) is 4.70. The maximum atomic E-state index is 9.30. The van der Waals surface area contributed by atoms with E-state index in [1.165, 1.54) is 5.56 Å². The lowest BCUT2D eigenvalue weighted by Crippen LogP contribution is -2.18. The molecule has 0 fully saturated rings. The molecule has 1 aliphatic carbocycles. The summed E-state index contributed by atoms with van der Waals surface area (Å²) in [5.74, 6) is 0.585. The molecule has 0 saturated carbocycles. The number of fused-ring (bicyclic) bond motifs is 1. The van der Waals surface area contributed by atoms with Gasteiger partial charge in [0.1, 0.15) is 12.1 Å². The van der Waals surface area contributed by atoms with Crippen LogP contribution in [0.5, 0.6) is 0 Å². The molecule has 92 valence electrons. The van der Waals surface area contributed by atoms with E-state index in [0.29, 0.717) is 22.7 Å². The minimum atomic E-state index is 0.379. The Balaban J connectivity index is 2.80. The molecule has 3 nitrogen and oxygen atoms in total. The zero-order valence-corrected chi connectivity index (χ0v) is 10.9. The number of hydrogen-bond acceptors (Lipinski definition) is 3. The van der Waals surface area contributed by atoms with Crippen LogP contribution in [0.15, 0.2) is 0 Å². The first-order valence-electron chi connectivity index (χ1n) is 6.40. The summed E-state index contributed by atoms with van der Waals surface area (Å²) in [5, 5.41) is 18.6. The van der Waals surface area contributed by atoms with E-state index in [1.54, 1.807) is 0 Å². The van der Waals surface area contributed by atoms with Crippen molar-refractivity contribution in [1.29, 1.82) is 10.5 Å². The lowest BCUT2D eigenvalue weighted by molar-refractivity contribution is 0.498. The molecule has 0 bridgehead atoms. The van der Waals surface area contributed by atoms with Gasteiger partial charge in [0.2, 0.25) is 0 Å². The third kappa shape index (κ3) is 1.73. The Kier molecular flexibility index (Phi) is 3.26. The number of nitriles is 2. The van der Waals surface area contributed by atoms with Crippen LogP contribution in [-0.4, -0.2) is 0 Å². The van der Waals surface area contributed by atoms with Crippen LogP contribution >= 0.6 is 0 Å². The highest BCUT2D eigenvalue weighted by atomic mass is 14.6. The smallest absolute Gasteiger partial charge is 0.102 e. The Labute approximate surface area is 108 Å². The van der Waals surface area contributed by atoms with Gasteiger partial charge in [-0.1, -0.05) is 13.8 Å². The second-order valence-corrected chi connectivity index (χ2v) is 5.02. The van der Waals surface area contributed by atoms with Crippen LogP contribution in [0.4, 0.5) is 5.69 Å². The Morgan fingerprint density at radius 2 is 1.89 bits per heavy atom. The molecule has 2 rings (SSSR count). The van der Waals surface area contributed by atoms with E-state index in [-0.39, 0.29) is 0 Å². The molecule has 1 atom stereocenters. The highest BCUT2D eigenvalue weighted by Crippen LogP contribution is 2.36. The molecule has 0 aromatic heterocycles. The SMILES string of the molecule is CCc1c(C#N)c(N)c(C#N)c2c1CCC(C)C2. The number of hydrogen-bond donors (Lipinski definition) is 1. The zero-order valence-electron chi connectivity index (χ0n) is 10.9. The summed E-state index contributed by atoms with van der Waals surface area (Å²) in [7, 11) is 0. The lowest BCUT2D eigenvalue weighted by Gasteiger charge is -2.26. The van der Waals surface area contributed by atoms with E-state index in [2.05, 4.69) is 19.1 Å². The van der Waals surface area contributed by atoms with Crippen molar-refractivity contribution in [3.63, 3.8) is 0 Å². The molecule has 1 aromatic carbocycles. The fraction of sp³-hybridized carbons (Fsp3) is 0.467. The first kappa shape index (κ1) is 12.5. The average molecular weight is 239 g/mol. The van der Waals surface area contributed by atoms with Crippen LogP contribution in [0.1, 0.15) is 48.1 Å². The number of nitrogens with zero attached hydrogens (tertiary/aromatic N) is 2. The highest BCUT2D eigenvalue weighted by Gasteiger charge is 2.25. The summed E-state index contributed by atoms with van der Waals surface area (Å²) in [4.78, 5) is 0. The topological polar surface area (TPSA) is 73.6 Å². The Hall–Kier alpha value is -2.00. The van der Waals surface area contributed by atoms with Gasteiger partial charge in [-0.15, -0.1) is 0 Å². The Morgan fingerprint density at radius 1 is 1.22 bits per heavy atom. The summed E-state index contributed by atoms with van der Waals surface area (Å²) in [6.45, 7) is 4.24. The van der Waals surface area contributed by atoms with Gasteiger partial charge in [0.15, 0.2) is 0 Å². The van der Waals surface area contributed by atoms with Crippen LogP contribution in [0, 0.1) is 28.6 Å². The molecule has 1 aliphatic rings. The normalized spacial score (nSPS) is 17.7. The number of anilines is 1. The van der Waals surface area contributed by atoms with E-state index in [4.69, 9.17) is 5.73 Å². The third-order valence-electron chi connectivity index (χ3n) is 3.89. The van der Waals surface area contributed by atoms with Crippen molar-refractivity contribution in [3.8, 4) is 12.1 Å². The minimum Gasteiger partial charge on any atom is -0.397 e. The highest BCUT2D eigenvalue weighted by molar-refractivity contribution is 5.72. The summed E-state index contributed by atoms with van der Waals surface area (Å²) < 4.78 is 0. The molecular formula is C15H17N3. The van der Waals surface area contributed by atoms with Crippen molar-refractivity contribution < 1.29 is 0 Å². The number of rotatable bonds is 1. The van der Waals surface area contributed by atoms with E-state index in [1.807, 2.05) is 6.92 Å². The number of nitrogens with two attached hydrogens (primary N) is 1. The number of benzene rings is 1. The van der Waals surface area contributed by atoms with Gasteiger partial charge >= 0.3 is 0 Å². The average Bonchev–Trinajstić information content (AvgIpc) is 2.37. The molecule has 0 amide bonds. The van der Waals surface area contributed by atoms with Crippen LogP contribution in [0.3, 0.4) is 0 Å². The van der Waals surface area contributed by atoms with E-state index >= 15 is 0 Å². The maximum Gasteiger partial charge on any atom is 0.102 e. The van der Waals surface area contributed by atoms with E-state index in [9.17, 15) is 10.5 Å². The predicted octanol–water partition coefficient (Wildman–Crippen LogP) is 2.70. The van der Waals surface area contributed by atoms with Gasteiger partial charge in [-0.25, -0.2) is 0 Å². The molecule has 1 unspecified atom stereocenters. The fourth-order valence-corrected chi connectivity index (χ4v) is 2.95. The van der Waals surface area contributed by atoms with Crippen LogP contribution < -0.4 is 5.73 Å². The first-order valence-corrected chi connectivity index (χ1v) is 6.40. The van der Waals surface area contributed by atoms with Crippen molar-refractivity contribution in [1.82, 2.24) is 0 Å². The summed E-state index contributed by atoms with van der Waals surface area (Å²) >= 11 is 0. The van der Waals surface area contributed by atoms with Gasteiger partial charge in [0.05, 0.1) is 16.8 Å². The summed E-state index contributed by atoms with van der Waals surface area (Å²) in [5.41, 5.74) is 10.8. The van der Waals surface area contributed by atoms with Crippen molar-refractivity contribution in [2.45, 2.75) is 39.5 Å². The van der Waals surface area contributed by atoms with Crippen molar-refractivity contribution >= 4 is 5.69 Å². The Bertz CT molecular complexity index is 573. The second-order valence-electron chi connectivity index (χ2n) is 5.02. The maximum absolute atomic E-state index is 9.30. The lowest BCUT2D eigenvalue weighted by atomic mass is 9.78. The molecule has 0 heterocycles. The molecule has 0 aliphatic heterocycles. The van der Waals surface area contributed by atoms with Gasteiger partial charge in [-0.2, -0.15) is 10.5 Å². The Morgan fingerprint density at radius 3 is 2.44 bits per heavy atom. The molecule has 0 saturated heterocycles. The molecular weight excluding hydrogens is 222 g/mol. The number of nitrogen functional groups attached to an aromatic ring is 1. The van der Waals surface area contributed by atoms with Crippen LogP contribution in [0.2, 0.25) is 0 Å². The van der Waals surface area contributed by atoms with Crippen LogP contribution in [0.25, 0.3) is 0 Å². The van der Waals surface area contributed by atoms with E-state index < -0.39 is 0 Å². The van der Waals surface area contributed by atoms with Crippen LogP contribution in [-0.2, 0) is 19.3 Å². The van der Waals surface area contributed by atoms with Gasteiger partial charge < -0.3 is 5.73 Å².